The maximum absolute atomic E-state index is 11.0. The summed E-state index contributed by atoms with van der Waals surface area (Å²) in [5.41, 5.74) is 6.31. The first-order valence-corrected chi connectivity index (χ1v) is 6.48. The zero-order valence-corrected chi connectivity index (χ0v) is 11.3. The fourth-order valence-electron chi connectivity index (χ4n) is 2.38. The van der Waals surface area contributed by atoms with Crippen molar-refractivity contribution in [1.29, 1.82) is 0 Å². The molecular weight excluding hydrogens is 260 g/mol. The van der Waals surface area contributed by atoms with E-state index in [1.807, 2.05) is 4.90 Å². The van der Waals surface area contributed by atoms with E-state index >= 15 is 0 Å². The molecule has 0 aliphatic carbocycles. The summed E-state index contributed by atoms with van der Waals surface area (Å²) in [6, 6.07) is 1.60. The monoisotopic (exact) mass is 278 g/mol. The van der Waals surface area contributed by atoms with Crippen LogP contribution in [0.15, 0.2) is 12.3 Å². The number of aromatic carboxylic acids is 1. The van der Waals surface area contributed by atoms with Crippen LogP contribution in [0.4, 0.5) is 11.5 Å². The molecule has 0 atom stereocenters. The van der Waals surface area contributed by atoms with Gasteiger partial charge in [0.2, 0.25) is 5.91 Å². The van der Waals surface area contributed by atoms with Crippen molar-refractivity contribution in [2.75, 3.05) is 23.7 Å². The van der Waals surface area contributed by atoms with Crippen molar-refractivity contribution < 1.29 is 14.7 Å². The van der Waals surface area contributed by atoms with Gasteiger partial charge in [0.1, 0.15) is 0 Å². The molecule has 1 aliphatic heterocycles. The largest absolute Gasteiger partial charge is 0.478 e. The van der Waals surface area contributed by atoms with Gasteiger partial charge in [-0.25, -0.2) is 9.78 Å². The predicted molar refractivity (Wildman–Crippen MR) is 74.7 cm³/mol. The topological polar surface area (TPSA) is 109 Å². The zero-order chi connectivity index (χ0) is 14.7. The number of pyridine rings is 1. The van der Waals surface area contributed by atoms with Crippen LogP contribution in [0, 0.1) is 0 Å². The van der Waals surface area contributed by atoms with Crippen molar-refractivity contribution in [1.82, 2.24) is 10.3 Å². The maximum Gasteiger partial charge on any atom is 0.337 e. The average Bonchev–Trinajstić information content (AvgIpc) is 2.39. The van der Waals surface area contributed by atoms with E-state index < -0.39 is 5.97 Å². The summed E-state index contributed by atoms with van der Waals surface area (Å²) in [6.07, 6.45) is 2.96. The summed E-state index contributed by atoms with van der Waals surface area (Å²) in [7, 11) is 0. The first-order chi connectivity index (χ1) is 9.47. The number of carboxylic acids is 1. The number of aromatic nitrogens is 1. The van der Waals surface area contributed by atoms with Gasteiger partial charge in [-0.05, 0) is 18.9 Å². The van der Waals surface area contributed by atoms with Crippen LogP contribution in [0.1, 0.15) is 30.1 Å². The molecule has 2 rings (SSSR count). The van der Waals surface area contributed by atoms with E-state index in [-0.39, 0.29) is 17.5 Å². The third-order valence-electron chi connectivity index (χ3n) is 3.34. The van der Waals surface area contributed by atoms with Gasteiger partial charge in [-0.1, -0.05) is 0 Å². The highest BCUT2D eigenvalue weighted by molar-refractivity contribution is 5.89. The van der Waals surface area contributed by atoms with Gasteiger partial charge in [-0.3, -0.25) is 4.79 Å². The van der Waals surface area contributed by atoms with Gasteiger partial charge in [-0.2, -0.15) is 0 Å². The third kappa shape index (κ3) is 3.17. The van der Waals surface area contributed by atoms with Gasteiger partial charge in [-0.15, -0.1) is 0 Å². The molecule has 0 saturated carbocycles. The Bertz CT molecular complexity index is 524. The lowest BCUT2D eigenvalue weighted by Gasteiger charge is -2.33. The van der Waals surface area contributed by atoms with Crippen LogP contribution in [0.3, 0.4) is 0 Å². The fourth-order valence-corrected chi connectivity index (χ4v) is 2.38. The molecule has 4 N–H and O–H groups in total. The summed E-state index contributed by atoms with van der Waals surface area (Å²) in [5, 5.41) is 11.8. The first kappa shape index (κ1) is 14.1. The summed E-state index contributed by atoms with van der Waals surface area (Å²) in [4.78, 5) is 28.0. The van der Waals surface area contributed by atoms with Crippen LogP contribution in [0.25, 0.3) is 0 Å². The van der Waals surface area contributed by atoms with Gasteiger partial charge in [0.25, 0.3) is 0 Å². The van der Waals surface area contributed by atoms with E-state index in [0.29, 0.717) is 11.5 Å². The molecule has 1 amide bonds. The molecule has 0 radical (unpaired) electrons. The Labute approximate surface area is 116 Å². The number of rotatable bonds is 3. The molecule has 7 heteroatoms. The SMILES string of the molecule is CC(=O)NC1CCN(c2ncc(C(=O)O)cc2N)CC1. The second-order valence-corrected chi connectivity index (χ2v) is 4.90. The number of carbonyl (C=O) groups excluding carboxylic acids is 1. The molecule has 7 nitrogen and oxygen atoms in total. The lowest BCUT2D eigenvalue weighted by Crippen LogP contribution is -2.44. The van der Waals surface area contributed by atoms with Crippen LogP contribution in [-0.2, 0) is 4.79 Å². The summed E-state index contributed by atoms with van der Waals surface area (Å²) in [5.74, 6) is -0.455. The molecule has 0 spiro atoms. The summed E-state index contributed by atoms with van der Waals surface area (Å²) >= 11 is 0. The molecule has 20 heavy (non-hydrogen) atoms. The number of hydrogen-bond donors (Lipinski definition) is 3. The predicted octanol–water partition coefficient (Wildman–Crippen LogP) is 0.467. The van der Waals surface area contributed by atoms with E-state index in [1.54, 1.807) is 0 Å². The van der Waals surface area contributed by atoms with Gasteiger partial charge in [0.15, 0.2) is 5.82 Å². The Hall–Kier alpha value is -2.31. The lowest BCUT2D eigenvalue weighted by molar-refractivity contribution is -0.119. The molecule has 1 saturated heterocycles. The number of nitrogens with one attached hydrogen (secondary N) is 1. The second-order valence-electron chi connectivity index (χ2n) is 4.90. The van der Waals surface area contributed by atoms with Crippen molar-refractivity contribution in [2.45, 2.75) is 25.8 Å². The van der Waals surface area contributed by atoms with Gasteiger partial charge < -0.3 is 21.1 Å². The van der Waals surface area contributed by atoms with E-state index in [2.05, 4.69) is 10.3 Å². The van der Waals surface area contributed by atoms with E-state index in [1.165, 1.54) is 19.2 Å². The van der Waals surface area contributed by atoms with Gasteiger partial charge in [0, 0.05) is 32.3 Å². The fraction of sp³-hybridized carbons (Fsp3) is 0.462. The number of carboxylic acid groups (broad SMARTS) is 1. The number of piperidine rings is 1. The highest BCUT2D eigenvalue weighted by atomic mass is 16.4. The standard InChI is InChI=1S/C13H18N4O3/c1-8(18)16-10-2-4-17(5-3-10)12-11(14)6-9(7-15-12)13(19)20/h6-7,10H,2-5,14H2,1H3,(H,16,18)(H,19,20). The number of hydrogen-bond acceptors (Lipinski definition) is 5. The maximum atomic E-state index is 11.0. The zero-order valence-electron chi connectivity index (χ0n) is 11.3. The van der Waals surface area contributed by atoms with Crippen LogP contribution in [0.5, 0.6) is 0 Å². The van der Waals surface area contributed by atoms with Crippen LogP contribution >= 0.6 is 0 Å². The molecule has 0 unspecified atom stereocenters. The minimum Gasteiger partial charge on any atom is -0.478 e. The molecule has 1 aromatic rings. The quantitative estimate of drug-likeness (QED) is 0.741. The molecular formula is C13H18N4O3. The number of carbonyl (C=O) groups is 2. The summed E-state index contributed by atoms with van der Waals surface area (Å²) in [6.45, 7) is 2.97. The van der Waals surface area contributed by atoms with E-state index in [4.69, 9.17) is 10.8 Å². The Morgan fingerprint density at radius 1 is 1.45 bits per heavy atom. The van der Waals surface area contributed by atoms with Crippen LogP contribution in [-0.4, -0.2) is 41.1 Å². The Morgan fingerprint density at radius 2 is 2.10 bits per heavy atom. The van der Waals surface area contributed by atoms with Crippen molar-refractivity contribution in [3.63, 3.8) is 0 Å². The number of anilines is 2. The van der Waals surface area contributed by atoms with Crippen molar-refractivity contribution in [2.24, 2.45) is 0 Å². The lowest BCUT2D eigenvalue weighted by atomic mass is 10.0. The minimum absolute atomic E-state index is 0.0214. The van der Waals surface area contributed by atoms with Crippen LogP contribution < -0.4 is 16.0 Å². The molecule has 0 bridgehead atoms. The number of nitrogen functional groups attached to an aromatic ring is 1. The third-order valence-corrected chi connectivity index (χ3v) is 3.34. The molecule has 1 aromatic heterocycles. The van der Waals surface area contributed by atoms with Gasteiger partial charge >= 0.3 is 5.97 Å². The van der Waals surface area contributed by atoms with Gasteiger partial charge in [0.05, 0.1) is 11.3 Å². The highest BCUT2D eigenvalue weighted by Crippen LogP contribution is 2.24. The molecule has 2 heterocycles. The second kappa shape index (κ2) is 5.77. The molecule has 0 aromatic carbocycles. The minimum atomic E-state index is -1.04. The first-order valence-electron chi connectivity index (χ1n) is 6.48. The number of nitrogens with zero attached hydrogens (tertiary/aromatic N) is 2. The van der Waals surface area contributed by atoms with Crippen LogP contribution in [0.2, 0.25) is 0 Å². The normalized spacial score (nSPS) is 15.9. The number of amides is 1. The molecule has 1 aliphatic rings. The van der Waals surface area contributed by atoms with Crippen molar-refractivity contribution in [3.8, 4) is 0 Å². The Kier molecular flexibility index (Phi) is 4.07. The molecule has 108 valence electrons. The average molecular weight is 278 g/mol. The smallest absolute Gasteiger partial charge is 0.337 e. The summed E-state index contributed by atoms with van der Waals surface area (Å²) < 4.78 is 0. The van der Waals surface area contributed by atoms with Crippen molar-refractivity contribution in [3.05, 3.63) is 17.8 Å². The molecule has 1 fully saturated rings. The van der Waals surface area contributed by atoms with E-state index in [0.717, 1.165) is 25.9 Å². The van der Waals surface area contributed by atoms with E-state index in [9.17, 15) is 9.59 Å². The highest BCUT2D eigenvalue weighted by Gasteiger charge is 2.22. The van der Waals surface area contributed by atoms with Crippen molar-refractivity contribution >= 4 is 23.4 Å². The Morgan fingerprint density at radius 3 is 2.60 bits per heavy atom. The number of nitrogens with two attached hydrogens (primary N) is 1. The Balaban J connectivity index is 2.03.